The molecule has 124 valence electrons. The van der Waals surface area contributed by atoms with Crippen LogP contribution in [-0.4, -0.2) is 35.6 Å². The van der Waals surface area contributed by atoms with Crippen molar-refractivity contribution in [3.05, 3.63) is 0 Å². The lowest BCUT2D eigenvalue weighted by molar-refractivity contribution is -0.137. The molecular weight excluding hydrogens is 292 g/mol. The first-order chi connectivity index (χ1) is 9.60. The molecule has 1 aliphatic rings. The molecule has 1 rings (SSSR count). The van der Waals surface area contributed by atoms with E-state index in [1.165, 1.54) is 6.42 Å². The van der Waals surface area contributed by atoms with Gasteiger partial charge >= 0.3 is 5.97 Å². The number of hydrogen-bond donors (Lipinski definition) is 3. The van der Waals surface area contributed by atoms with E-state index >= 15 is 0 Å². The summed E-state index contributed by atoms with van der Waals surface area (Å²) < 4.78 is 0. The van der Waals surface area contributed by atoms with Crippen LogP contribution in [0.5, 0.6) is 0 Å². The molecule has 1 amide bonds. The summed E-state index contributed by atoms with van der Waals surface area (Å²) in [4.78, 5) is 22.9. The summed E-state index contributed by atoms with van der Waals surface area (Å²) in [6.45, 7) is 3.49. The summed E-state index contributed by atoms with van der Waals surface area (Å²) in [5.74, 6) is -0.629. The van der Waals surface area contributed by atoms with Crippen LogP contribution in [0.4, 0.5) is 0 Å². The number of carbonyl (C=O) groups is 2. The van der Waals surface area contributed by atoms with E-state index in [0.29, 0.717) is 13.0 Å². The summed E-state index contributed by atoms with van der Waals surface area (Å²) >= 11 is 0. The molecule has 0 saturated heterocycles. The fourth-order valence-corrected chi connectivity index (χ4v) is 2.78. The first kappa shape index (κ1) is 20.2. The molecule has 0 aromatic rings. The maximum Gasteiger partial charge on any atom is 0.303 e. The van der Waals surface area contributed by atoms with Crippen LogP contribution in [0.2, 0.25) is 0 Å². The summed E-state index contributed by atoms with van der Waals surface area (Å²) in [5, 5.41) is 15.0. The highest BCUT2D eigenvalue weighted by Gasteiger charge is 2.38. The van der Waals surface area contributed by atoms with E-state index in [2.05, 4.69) is 10.6 Å². The van der Waals surface area contributed by atoms with Gasteiger partial charge in [0.05, 0.1) is 5.54 Å². The monoisotopic (exact) mass is 320 g/mol. The second-order valence-electron chi connectivity index (χ2n) is 5.68. The van der Waals surface area contributed by atoms with Gasteiger partial charge in [0.1, 0.15) is 0 Å². The van der Waals surface area contributed by atoms with Gasteiger partial charge in [0.25, 0.3) is 0 Å². The lowest BCUT2D eigenvalue weighted by atomic mass is 9.80. The van der Waals surface area contributed by atoms with E-state index in [0.717, 1.165) is 45.1 Å². The van der Waals surface area contributed by atoms with E-state index in [4.69, 9.17) is 5.11 Å². The minimum atomic E-state index is -0.752. The molecule has 0 aromatic heterocycles. The predicted octanol–water partition coefficient (Wildman–Crippen LogP) is 2.48. The number of aliphatic carboxylic acids is 1. The summed E-state index contributed by atoms with van der Waals surface area (Å²) in [6.07, 6.45) is 7.76. The number of nitrogens with one attached hydrogen (secondary N) is 2. The first-order valence-corrected chi connectivity index (χ1v) is 7.86. The van der Waals surface area contributed by atoms with E-state index in [-0.39, 0.29) is 24.7 Å². The number of halogens is 1. The highest BCUT2D eigenvalue weighted by atomic mass is 35.5. The Labute approximate surface area is 133 Å². The zero-order chi connectivity index (χ0) is 14.8. The molecule has 1 aliphatic carbocycles. The normalized spacial score (nSPS) is 16.8. The summed E-state index contributed by atoms with van der Waals surface area (Å²) in [7, 11) is 0. The van der Waals surface area contributed by atoms with Crippen LogP contribution >= 0.6 is 12.4 Å². The van der Waals surface area contributed by atoms with Crippen molar-refractivity contribution in [2.45, 2.75) is 70.3 Å². The molecule has 0 unspecified atom stereocenters. The topological polar surface area (TPSA) is 78.4 Å². The van der Waals surface area contributed by atoms with Crippen molar-refractivity contribution in [1.82, 2.24) is 10.6 Å². The number of carbonyl (C=O) groups excluding carboxylic acids is 1. The summed E-state index contributed by atoms with van der Waals surface area (Å²) in [5.41, 5.74) is -0.420. The molecule has 0 bridgehead atoms. The molecule has 3 N–H and O–H groups in total. The van der Waals surface area contributed by atoms with Gasteiger partial charge in [-0.2, -0.15) is 0 Å². The fraction of sp³-hybridized carbons (Fsp3) is 0.867. The Balaban J connectivity index is 0.00000400. The molecule has 0 heterocycles. The van der Waals surface area contributed by atoms with Gasteiger partial charge in [-0.05, 0) is 38.6 Å². The fourth-order valence-electron chi connectivity index (χ4n) is 2.78. The van der Waals surface area contributed by atoms with E-state index in [1.807, 2.05) is 6.92 Å². The molecule has 5 nitrogen and oxygen atoms in total. The van der Waals surface area contributed by atoms with Gasteiger partial charge < -0.3 is 15.7 Å². The first-order valence-electron chi connectivity index (χ1n) is 7.86. The van der Waals surface area contributed by atoms with Gasteiger partial charge in [-0.15, -0.1) is 12.4 Å². The van der Waals surface area contributed by atoms with Gasteiger partial charge in [0.2, 0.25) is 5.91 Å². The second kappa shape index (κ2) is 10.9. The smallest absolute Gasteiger partial charge is 0.303 e. The largest absolute Gasteiger partial charge is 0.481 e. The molecular formula is C15H29ClN2O3. The van der Waals surface area contributed by atoms with Crippen LogP contribution < -0.4 is 10.6 Å². The maximum absolute atomic E-state index is 12.4. The molecule has 0 aliphatic heterocycles. The molecule has 1 fully saturated rings. The Bertz CT molecular complexity index is 318. The van der Waals surface area contributed by atoms with Gasteiger partial charge in [-0.1, -0.05) is 26.2 Å². The quantitative estimate of drug-likeness (QED) is 0.570. The van der Waals surface area contributed by atoms with E-state index in [9.17, 15) is 9.59 Å². The number of carboxylic acids is 1. The Morgan fingerprint density at radius 1 is 1.10 bits per heavy atom. The van der Waals surface area contributed by atoms with Crippen LogP contribution in [0.3, 0.4) is 0 Å². The van der Waals surface area contributed by atoms with E-state index < -0.39 is 11.5 Å². The Morgan fingerprint density at radius 2 is 1.76 bits per heavy atom. The standard InChI is InChI=1S/C15H28N2O3.ClH/c1-2-11-16-14(20)15(9-5-3-6-10-15)17-12-7-4-8-13(18)19;/h17H,2-12H2,1H3,(H,16,20)(H,18,19);1H. The number of rotatable bonds is 9. The van der Waals surface area contributed by atoms with Gasteiger partial charge in [0, 0.05) is 13.0 Å². The van der Waals surface area contributed by atoms with E-state index in [1.54, 1.807) is 0 Å². The lowest BCUT2D eigenvalue weighted by Gasteiger charge is -2.37. The van der Waals surface area contributed by atoms with Gasteiger partial charge in [-0.25, -0.2) is 0 Å². The van der Waals surface area contributed by atoms with Crippen molar-refractivity contribution in [3.8, 4) is 0 Å². The molecule has 1 saturated carbocycles. The highest BCUT2D eigenvalue weighted by molar-refractivity contribution is 5.86. The number of carboxylic acid groups (broad SMARTS) is 1. The van der Waals surface area contributed by atoms with Crippen molar-refractivity contribution in [2.75, 3.05) is 13.1 Å². The Hall–Kier alpha value is -0.810. The van der Waals surface area contributed by atoms with Crippen LogP contribution in [-0.2, 0) is 9.59 Å². The van der Waals surface area contributed by atoms with Crippen molar-refractivity contribution >= 4 is 24.3 Å². The number of unbranched alkanes of at least 4 members (excludes halogenated alkanes) is 1. The molecule has 0 radical (unpaired) electrons. The average Bonchev–Trinajstić information content (AvgIpc) is 2.45. The number of amides is 1. The molecule has 0 aromatic carbocycles. The molecule has 21 heavy (non-hydrogen) atoms. The molecule has 0 atom stereocenters. The van der Waals surface area contributed by atoms with Crippen LogP contribution in [0.1, 0.15) is 64.7 Å². The Morgan fingerprint density at radius 3 is 2.33 bits per heavy atom. The third-order valence-corrected chi connectivity index (χ3v) is 3.96. The summed E-state index contributed by atoms with van der Waals surface area (Å²) in [6, 6.07) is 0. The van der Waals surface area contributed by atoms with Crippen molar-refractivity contribution in [2.24, 2.45) is 0 Å². The van der Waals surface area contributed by atoms with Gasteiger partial charge in [-0.3, -0.25) is 9.59 Å². The zero-order valence-corrected chi connectivity index (χ0v) is 13.8. The predicted molar refractivity (Wildman–Crippen MR) is 85.9 cm³/mol. The number of hydrogen-bond acceptors (Lipinski definition) is 3. The SMILES string of the molecule is CCCNC(=O)C1(NCCCCC(=O)O)CCCCC1.Cl. The van der Waals surface area contributed by atoms with Crippen LogP contribution in [0.25, 0.3) is 0 Å². The minimum absolute atomic E-state index is 0. The van der Waals surface area contributed by atoms with Crippen LogP contribution in [0.15, 0.2) is 0 Å². The average molecular weight is 321 g/mol. The minimum Gasteiger partial charge on any atom is -0.481 e. The van der Waals surface area contributed by atoms with Crippen molar-refractivity contribution in [3.63, 3.8) is 0 Å². The van der Waals surface area contributed by atoms with Crippen LogP contribution in [0, 0.1) is 0 Å². The van der Waals surface area contributed by atoms with Crippen molar-refractivity contribution < 1.29 is 14.7 Å². The maximum atomic E-state index is 12.4. The third kappa shape index (κ3) is 7.14. The molecule has 0 spiro atoms. The Kier molecular flexibility index (Phi) is 10.4. The lowest BCUT2D eigenvalue weighted by Crippen LogP contribution is -2.58. The highest BCUT2D eigenvalue weighted by Crippen LogP contribution is 2.28. The second-order valence-corrected chi connectivity index (χ2v) is 5.68. The zero-order valence-electron chi connectivity index (χ0n) is 13.0. The van der Waals surface area contributed by atoms with Gasteiger partial charge in [0.15, 0.2) is 0 Å². The molecule has 6 heteroatoms. The van der Waals surface area contributed by atoms with Crippen molar-refractivity contribution in [1.29, 1.82) is 0 Å². The third-order valence-electron chi connectivity index (χ3n) is 3.96.